The summed E-state index contributed by atoms with van der Waals surface area (Å²) in [6.45, 7) is 2.60. The highest BCUT2D eigenvalue weighted by Gasteiger charge is 2.33. The van der Waals surface area contributed by atoms with Gasteiger partial charge in [0.2, 0.25) is 5.95 Å². The van der Waals surface area contributed by atoms with Crippen molar-refractivity contribution in [3.63, 3.8) is 0 Å². The van der Waals surface area contributed by atoms with Crippen molar-refractivity contribution in [2.24, 2.45) is 0 Å². The Morgan fingerprint density at radius 3 is 2.61 bits per heavy atom. The molecule has 0 unspecified atom stereocenters. The van der Waals surface area contributed by atoms with Crippen LogP contribution in [0.15, 0.2) is 90.4 Å². The maximum atomic E-state index is 13.4. The molecule has 0 saturated heterocycles. The van der Waals surface area contributed by atoms with Crippen LogP contribution in [0.2, 0.25) is 10.0 Å². The summed E-state index contributed by atoms with van der Waals surface area (Å²) in [6.07, 6.45) is 1.47. The second-order valence-electron chi connectivity index (χ2n) is 8.36. The fraction of sp³-hybridized carbons (Fsp3) is 0.148. The van der Waals surface area contributed by atoms with E-state index in [0.717, 1.165) is 22.4 Å². The van der Waals surface area contributed by atoms with Crippen molar-refractivity contribution >= 4 is 35.1 Å². The van der Waals surface area contributed by atoms with Crippen molar-refractivity contribution in [3.8, 4) is 5.75 Å². The number of hydrogen-bond donors (Lipinski definition) is 2. The number of anilines is 1. The monoisotopic (exact) mass is 519 g/mol. The number of amides is 1. The molecule has 0 radical (unpaired) electrons. The molecule has 1 aliphatic rings. The van der Waals surface area contributed by atoms with Gasteiger partial charge in [-0.3, -0.25) is 4.79 Å². The Labute approximate surface area is 218 Å². The first-order valence-corrected chi connectivity index (χ1v) is 12.1. The minimum Gasteiger partial charge on any atom is -0.489 e. The van der Waals surface area contributed by atoms with Crippen molar-refractivity contribution < 1.29 is 9.53 Å². The molecule has 2 N–H and O–H groups in total. The van der Waals surface area contributed by atoms with E-state index in [2.05, 4.69) is 20.7 Å². The highest BCUT2D eigenvalue weighted by atomic mass is 35.5. The fourth-order valence-corrected chi connectivity index (χ4v) is 4.58. The van der Waals surface area contributed by atoms with Crippen LogP contribution in [0.3, 0.4) is 0 Å². The molecular formula is C27H23Cl2N5O2. The summed E-state index contributed by atoms with van der Waals surface area (Å²) in [5, 5.41) is 11.7. The summed E-state index contributed by atoms with van der Waals surface area (Å²) < 4.78 is 7.64. The van der Waals surface area contributed by atoms with E-state index in [9.17, 15) is 4.79 Å². The minimum absolute atomic E-state index is 0.173. The summed E-state index contributed by atoms with van der Waals surface area (Å²) in [5.74, 6) is 1.08. The number of hydrogen-bond acceptors (Lipinski definition) is 5. The molecule has 4 aromatic rings. The maximum absolute atomic E-state index is 13.4. The van der Waals surface area contributed by atoms with E-state index in [1.165, 1.54) is 6.33 Å². The molecule has 0 saturated carbocycles. The first-order valence-electron chi connectivity index (χ1n) is 11.4. The van der Waals surface area contributed by atoms with Crippen LogP contribution in [0.5, 0.6) is 5.75 Å². The Morgan fingerprint density at radius 2 is 1.86 bits per heavy atom. The Kier molecular flexibility index (Phi) is 6.93. The van der Waals surface area contributed by atoms with Gasteiger partial charge in [-0.2, -0.15) is 10.1 Å². The molecular weight excluding hydrogens is 497 g/mol. The zero-order valence-corrected chi connectivity index (χ0v) is 20.9. The van der Waals surface area contributed by atoms with E-state index in [1.54, 1.807) is 16.8 Å². The van der Waals surface area contributed by atoms with Crippen LogP contribution < -0.4 is 15.4 Å². The van der Waals surface area contributed by atoms with Crippen molar-refractivity contribution in [2.75, 3.05) is 5.32 Å². The van der Waals surface area contributed by atoms with E-state index in [4.69, 9.17) is 27.9 Å². The number of benzene rings is 3. The third-order valence-corrected chi connectivity index (χ3v) is 6.53. The van der Waals surface area contributed by atoms with Gasteiger partial charge in [0, 0.05) is 27.9 Å². The van der Waals surface area contributed by atoms with Crippen LogP contribution in [-0.4, -0.2) is 20.7 Å². The van der Waals surface area contributed by atoms with E-state index >= 15 is 0 Å². The molecule has 7 nitrogen and oxygen atoms in total. The lowest BCUT2D eigenvalue weighted by atomic mass is 9.95. The number of rotatable bonds is 7. The van der Waals surface area contributed by atoms with Gasteiger partial charge in [-0.15, -0.1) is 0 Å². The van der Waals surface area contributed by atoms with Gasteiger partial charge in [-0.25, -0.2) is 4.68 Å². The standard InChI is InChI=1S/C27H23Cl2N5O2/c1-17-24(26(35)30-14-18-5-3-2-4-6-18)25(34-27(33-17)31-16-32-34)19-8-11-22(12-9-19)36-15-20-7-10-21(28)13-23(20)29/h2-13,16,25H,14-15H2,1H3,(H,30,35)(H,31,32,33)/t25-/m0/s1. The molecule has 3 aromatic carbocycles. The number of carbonyl (C=O) groups excluding carboxylic acids is 1. The number of nitrogens with one attached hydrogen (secondary N) is 2. The van der Waals surface area contributed by atoms with Crippen molar-refractivity contribution in [3.05, 3.63) is 117 Å². The van der Waals surface area contributed by atoms with Gasteiger partial charge in [0.15, 0.2) is 0 Å². The van der Waals surface area contributed by atoms with E-state index in [0.29, 0.717) is 40.5 Å². The van der Waals surface area contributed by atoms with E-state index < -0.39 is 6.04 Å². The molecule has 0 spiro atoms. The summed E-state index contributed by atoms with van der Waals surface area (Å²) in [7, 11) is 0. The van der Waals surface area contributed by atoms with Gasteiger partial charge in [0.1, 0.15) is 24.7 Å². The molecule has 36 heavy (non-hydrogen) atoms. The lowest BCUT2D eigenvalue weighted by Gasteiger charge is -2.28. The van der Waals surface area contributed by atoms with Gasteiger partial charge < -0.3 is 15.4 Å². The summed E-state index contributed by atoms with van der Waals surface area (Å²) >= 11 is 12.2. The summed E-state index contributed by atoms with van der Waals surface area (Å²) in [6, 6.07) is 22.3. The largest absolute Gasteiger partial charge is 0.489 e. The molecule has 182 valence electrons. The van der Waals surface area contributed by atoms with Crippen LogP contribution in [0.25, 0.3) is 0 Å². The average Bonchev–Trinajstić information content (AvgIpc) is 3.35. The smallest absolute Gasteiger partial charge is 0.251 e. The van der Waals surface area contributed by atoms with Crippen LogP contribution in [0.4, 0.5) is 5.95 Å². The lowest BCUT2D eigenvalue weighted by molar-refractivity contribution is -0.118. The second-order valence-corrected chi connectivity index (χ2v) is 9.20. The zero-order valence-electron chi connectivity index (χ0n) is 19.4. The number of nitrogens with zero attached hydrogens (tertiary/aromatic N) is 3. The molecule has 0 aliphatic carbocycles. The van der Waals surface area contributed by atoms with Crippen LogP contribution in [-0.2, 0) is 17.9 Å². The second kappa shape index (κ2) is 10.4. The molecule has 9 heteroatoms. The van der Waals surface area contributed by atoms with Gasteiger partial charge in [0.25, 0.3) is 5.91 Å². The van der Waals surface area contributed by atoms with E-state index in [1.807, 2.05) is 67.6 Å². The zero-order chi connectivity index (χ0) is 25.1. The molecule has 1 aliphatic heterocycles. The average molecular weight is 520 g/mol. The third-order valence-electron chi connectivity index (χ3n) is 5.94. The predicted molar refractivity (Wildman–Crippen MR) is 140 cm³/mol. The molecule has 0 bridgehead atoms. The van der Waals surface area contributed by atoms with Gasteiger partial charge in [-0.05, 0) is 42.3 Å². The van der Waals surface area contributed by atoms with Gasteiger partial charge >= 0.3 is 0 Å². The Hall–Kier alpha value is -3.81. The highest BCUT2D eigenvalue weighted by molar-refractivity contribution is 6.35. The molecule has 1 amide bonds. The molecule has 5 rings (SSSR count). The molecule has 2 heterocycles. The third kappa shape index (κ3) is 5.08. The van der Waals surface area contributed by atoms with Crippen molar-refractivity contribution in [2.45, 2.75) is 26.1 Å². The number of ether oxygens (including phenoxy) is 1. The SMILES string of the molecule is CC1=C(C(=O)NCc2ccccc2)[C@H](c2ccc(OCc3ccc(Cl)cc3Cl)cc2)n2ncnc2N1. The quantitative estimate of drug-likeness (QED) is 0.324. The fourth-order valence-electron chi connectivity index (χ4n) is 4.11. The first kappa shape index (κ1) is 23.9. The normalized spacial score (nSPS) is 14.7. The molecule has 1 aromatic heterocycles. The van der Waals surface area contributed by atoms with Gasteiger partial charge in [-0.1, -0.05) is 71.7 Å². The van der Waals surface area contributed by atoms with Crippen LogP contribution in [0.1, 0.15) is 29.7 Å². The Balaban J connectivity index is 1.37. The topological polar surface area (TPSA) is 81.1 Å². The summed E-state index contributed by atoms with van der Waals surface area (Å²) in [5.41, 5.74) is 4.04. The molecule has 0 fully saturated rings. The molecule has 1 atom stereocenters. The Morgan fingerprint density at radius 1 is 1.08 bits per heavy atom. The number of aromatic nitrogens is 3. The number of carbonyl (C=O) groups is 1. The number of halogens is 2. The first-order chi connectivity index (χ1) is 17.5. The van der Waals surface area contributed by atoms with Gasteiger partial charge in [0.05, 0.1) is 5.57 Å². The predicted octanol–water partition coefficient (Wildman–Crippen LogP) is 5.77. The Bertz CT molecular complexity index is 1420. The van der Waals surface area contributed by atoms with Crippen molar-refractivity contribution in [1.82, 2.24) is 20.1 Å². The lowest BCUT2D eigenvalue weighted by Crippen LogP contribution is -2.34. The minimum atomic E-state index is -0.445. The van der Waals surface area contributed by atoms with Crippen LogP contribution in [0, 0.1) is 0 Å². The van der Waals surface area contributed by atoms with E-state index in [-0.39, 0.29) is 5.91 Å². The van der Waals surface area contributed by atoms with Crippen molar-refractivity contribution in [1.29, 1.82) is 0 Å². The summed E-state index contributed by atoms with van der Waals surface area (Å²) in [4.78, 5) is 17.7. The maximum Gasteiger partial charge on any atom is 0.251 e. The highest BCUT2D eigenvalue weighted by Crippen LogP contribution is 2.35. The number of fused-ring (bicyclic) bond motifs is 1. The number of allylic oxidation sites excluding steroid dienone is 1. The van der Waals surface area contributed by atoms with Crippen LogP contribution >= 0.6 is 23.2 Å².